The van der Waals surface area contributed by atoms with Gasteiger partial charge >= 0.3 is 0 Å². The molecule has 7 heteroatoms. The zero-order valence-electron chi connectivity index (χ0n) is 14.8. The molecule has 0 atom stereocenters. The van der Waals surface area contributed by atoms with Crippen LogP contribution < -0.4 is 9.47 Å². The molecule has 0 fully saturated rings. The second-order valence-electron chi connectivity index (χ2n) is 5.48. The lowest BCUT2D eigenvalue weighted by Crippen LogP contribution is -2.03. The lowest BCUT2D eigenvalue weighted by molar-refractivity contribution is 0.135. The van der Waals surface area contributed by atoms with Crippen molar-refractivity contribution in [1.29, 1.82) is 0 Å². The molecule has 1 aromatic carbocycles. The first-order valence-electron chi connectivity index (χ1n) is 8.16. The fourth-order valence-corrected chi connectivity index (χ4v) is 2.36. The minimum atomic E-state index is 0.172. The molecular formula is C18H24Cl3NO3. The van der Waals surface area contributed by atoms with E-state index in [1.165, 1.54) is 0 Å². The number of oxime groups is 1. The summed E-state index contributed by atoms with van der Waals surface area (Å²) in [6.07, 6.45) is 4.07. The van der Waals surface area contributed by atoms with E-state index in [1.807, 2.05) is 26.8 Å². The quantitative estimate of drug-likeness (QED) is 0.250. The van der Waals surface area contributed by atoms with E-state index in [0.29, 0.717) is 29.7 Å². The van der Waals surface area contributed by atoms with Crippen molar-refractivity contribution >= 4 is 40.5 Å². The van der Waals surface area contributed by atoms with Gasteiger partial charge in [0.2, 0.25) is 0 Å². The number of hydrogen-bond donors (Lipinski definition) is 0. The van der Waals surface area contributed by atoms with Crippen molar-refractivity contribution in [3.05, 3.63) is 33.3 Å². The third-order valence-electron chi connectivity index (χ3n) is 3.09. The summed E-state index contributed by atoms with van der Waals surface area (Å²) in [5, 5.41) is 4.41. The largest absolute Gasteiger partial charge is 0.492 e. The van der Waals surface area contributed by atoms with Gasteiger partial charge in [0.25, 0.3) is 0 Å². The van der Waals surface area contributed by atoms with Crippen molar-refractivity contribution in [2.45, 2.75) is 40.0 Å². The van der Waals surface area contributed by atoms with E-state index in [-0.39, 0.29) is 11.1 Å². The highest BCUT2D eigenvalue weighted by atomic mass is 35.5. The Kier molecular flexibility index (Phi) is 10.8. The zero-order valence-corrected chi connectivity index (χ0v) is 17.0. The maximum Gasteiger partial charge on any atom is 0.141 e. The molecule has 0 saturated heterocycles. The molecule has 140 valence electrons. The minimum absolute atomic E-state index is 0.172. The number of hydrogen-bond acceptors (Lipinski definition) is 4. The summed E-state index contributed by atoms with van der Waals surface area (Å²) in [6, 6.07) is 3.65. The molecule has 1 aromatic rings. The average molecular weight is 409 g/mol. The normalized spacial score (nSPS) is 10.2. The lowest BCUT2D eigenvalue weighted by atomic mass is 10.1. The number of halogens is 3. The van der Waals surface area contributed by atoms with Gasteiger partial charge in [-0.05, 0) is 50.8 Å². The summed E-state index contributed by atoms with van der Waals surface area (Å²) in [4.78, 5) is 5.15. The van der Waals surface area contributed by atoms with Crippen LogP contribution in [0.2, 0.25) is 5.02 Å². The first-order valence-corrected chi connectivity index (χ1v) is 9.29. The second kappa shape index (κ2) is 12.3. The van der Waals surface area contributed by atoms with Gasteiger partial charge in [-0.3, -0.25) is 0 Å². The molecule has 0 saturated carbocycles. The van der Waals surface area contributed by atoms with Crippen molar-refractivity contribution < 1.29 is 14.3 Å². The Bertz CT molecular complexity index is 595. The van der Waals surface area contributed by atoms with E-state index in [4.69, 9.17) is 49.1 Å². The molecule has 0 radical (unpaired) electrons. The molecule has 25 heavy (non-hydrogen) atoms. The van der Waals surface area contributed by atoms with Crippen LogP contribution in [0.3, 0.4) is 0 Å². The molecule has 0 bridgehead atoms. The minimum Gasteiger partial charge on any atom is -0.492 e. The van der Waals surface area contributed by atoms with Crippen molar-refractivity contribution in [3.8, 4) is 11.5 Å². The highest BCUT2D eigenvalue weighted by molar-refractivity contribution is 6.55. The van der Waals surface area contributed by atoms with E-state index in [2.05, 4.69) is 5.16 Å². The van der Waals surface area contributed by atoms with Crippen LogP contribution in [-0.4, -0.2) is 25.5 Å². The molecule has 0 aliphatic carbocycles. The Morgan fingerprint density at radius 1 is 1.12 bits per heavy atom. The summed E-state index contributed by atoms with van der Waals surface area (Å²) in [5.41, 5.74) is 1.90. The maximum absolute atomic E-state index is 6.34. The number of nitrogens with zero attached hydrogens (tertiary/aromatic N) is 1. The summed E-state index contributed by atoms with van der Waals surface area (Å²) < 4.78 is 11.6. The first-order chi connectivity index (χ1) is 11.9. The number of benzene rings is 1. The maximum atomic E-state index is 6.34. The molecule has 0 unspecified atom stereocenters. The van der Waals surface area contributed by atoms with Crippen molar-refractivity contribution in [2.24, 2.45) is 5.16 Å². The standard InChI is InChI=1S/C18H24Cl3NO3/c1-4-14-11-15(23-10-7-17(20)21)12-16(19)18(14)24-8-5-6-9-25-22-13(2)3/h7,11-12H,4-6,8-10H2,1-3H3. The molecule has 0 aromatic heterocycles. The van der Waals surface area contributed by atoms with Crippen LogP contribution in [0.4, 0.5) is 0 Å². The van der Waals surface area contributed by atoms with E-state index in [9.17, 15) is 0 Å². The smallest absolute Gasteiger partial charge is 0.141 e. The second-order valence-corrected chi connectivity index (χ2v) is 6.89. The number of ether oxygens (including phenoxy) is 2. The Balaban J connectivity index is 2.53. The highest BCUT2D eigenvalue weighted by Gasteiger charge is 2.11. The molecule has 0 amide bonds. The van der Waals surface area contributed by atoms with Crippen LogP contribution in [-0.2, 0) is 11.3 Å². The molecule has 0 heterocycles. The monoisotopic (exact) mass is 407 g/mol. The first kappa shape index (κ1) is 21.9. The predicted molar refractivity (Wildman–Crippen MR) is 106 cm³/mol. The Labute approximate surface area is 164 Å². The van der Waals surface area contributed by atoms with Crippen LogP contribution in [0.5, 0.6) is 11.5 Å². The molecule has 4 nitrogen and oxygen atoms in total. The number of aryl methyl sites for hydroxylation is 1. The Morgan fingerprint density at radius 3 is 2.48 bits per heavy atom. The number of rotatable bonds is 11. The van der Waals surface area contributed by atoms with Gasteiger partial charge in [0.1, 0.15) is 29.2 Å². The Hall–Kier alpha value is -1.10. The van der Waals surface area contributed by atoms with Crippen LogP contribution >= 0.6 is 34.8 Å². The van der Waals surface area contributed by atoms with Gasteiger partial charge in [-0.15, -0.1) is 0 Å². The van der Waals surface area contributed by atoms with Crippen molar-refractivity contribution in [2.75, 3.05) is 19.8 Å². The van der Waals surface area contributed by atoms with E-state index in [0.717, 1.165) is 30.5 Å². The molecule has 0 N–H and O–H groups in total. The highest BCUT2D eigenvalue weighted by Crippen LogP contribution is 2.34. The van der Waals surface area contributed by atoms with Gasteiger partial charge in [-0.2, -0.15) is 0 Å². The summed E-state index contributed by atoms with van der Waals surface area (Å²) in [7, 11) is 0. The van der Waals surface area contributed by atoms with Crippen molar-refractivity contribution in [3.63, 3.8) is 0 Å². The fraction of sp³-hybridized carbons (Fsp3) is 0.500. The van der Waals surface area contributed by atoms with Gasteiger partial charge in [-0.25, -0.2) is 0 Å². The van der Waals surface area contributed by atoms with Gasteiger partial charge in [0.05, 0.1) is 17.3 Å². The van der Waals surface area contributed by atoms with Crippen LogP contribution in [0.15, 0.2) is 27.9 Å². The SMILES string of the molecule is CCc1cc(OCC=C(Cl)Cl)cc(Cl)c1OCCCCON=C(C)C. The van der Waals surface area contributed by atoms with E-state index >= 15 is 0 Å². The molecular weight excluding hydrogens is 385 g/mol. The van der Waals surface area contributed by atoms with Crippen LogP contribution in [0, 0.1) is 0 Å². The third-order valence-corrected chi connectivity index (χ3v) is 3.68. The topological polar surface area (TPSA) is 40.0 Å². The van der Waals surface area contributed by atoms with Gasteiger partial charge < -0.3 is 14.3 Å². The molecule has 1 rings (SSSR count). The predicted octanol–water partition coefficient (Wildman–Crippen LogP) is 6.17. The lowest BCUT2D eigenvalue weighted by Gasteiger charge is -2.14. The Morgan fingerprint density at radius 2 is 1.84 bits per heavy atom. The van der Waals surface area contributed by atoms with Gasteiger partial charge in [0.15, 0.2) is 0 Å². The van der Waals surface area contributed by atoms with E-state index < -0.39 is 0 Å². The van der Waals surface area contributed by atoms with Crippen LogP contribution in [0.25, 0.3) is 0 Å². The summed E-state index contributed by atoms with van der Waals surface area (Å²) in [6.45, 7) is 7.25. The summed E-state index contributed by atoms with van der Waals surface area (Å²) in [5.74, 6) is 1.35. The average Bonchev–Trinajstić information content (AvgIpc) is 2.54. The third kappa shape index (κ3) is 9.24. The fourth-order valence-electron chi connectivity index (χ4n) is 1.95. The molecule has 0 aliphatic heterocycles. The van der Waals surface area contributed by atoms with Gasteiger partial charge in [0, 0.05) is 6.07 Å². The van der Waals surface area contributed by atoms with Crippen molar-refractivity contribution in [1.82, 2.24) is 0 Å². The molecule has 0 spiro atoms. The van der Waals surface area contributed by atoms with E-state index in [1.54, 1.807) is 12.1 Å². The zero-order chi connectivity index (χ0) is 18.7. The number of unbranched alkanes of at least 4 members (excludes halogenated alkanes) is 1. The van der Waals surface area contributed by atoms with Gasteiger partial charge in [-0.1, -0.05) is 46.9 Å². The molecule has 0 aliphatic rings. The van der Waals surface area contributed by atoms with Crippen LogP contribution in [0.1, 0.15) is 39.2 Å². The summed E-state index contributed by atoms with van der Waals surface area (Å²) >= 11 is 17.5.